The van der Waals surface area contributed by atoms with Gasteiger partial charge >= 0.3 is 0 Å². The van der Waals surface area contributed by atoms with Crippen LogP contribution in [-0.4, -0.2) is 50.3 Å². The van der Waals surface area contributed by atoms with E-state index in [0.29, 0.717) is 6.10 Å². The van der Waals surface area contributed by atoms with Crippen molar-refractivity contribution in [3.05, 3.63) is 0 Å². The summed E-state index contributed by atoms with van der Waals surface area (Å²) in [6, 6.07) is 0. The van der Waals surface area contributed by atoms with E-state index in [0.717, 1.165) is 19.7 Å². The number of rotatable bonds is 19. The quantitative estimate of drug-likeness (QED) is 0.270. The summed E-state index contributed by atoms with van der Waals surface area (Å²) >= 11 is 0. The van der Waals surface area contributed by atoms with E-state index in [2.05, 4.69) is 24.1 Å². The van der Waals surface area contributed by atoms with Gasteiger partial charge in [-0.15, -0.1) is 0 Å². The largest absolute Gasteiger partial charge is 0.376 e. The monoisotopic (exact) mass is 382 g/mol. The topological polar surface area (TPSA) is 24.5 Å². The van der Waals surface area contributed by atoms with Gasteiger partial charge in [0.05, 0.1) is 12.7 Å². The molecule has 1 aliphatic heterocycles. The maximum absolute atomic E-state index is 5.81. The summed E-state index contributed by atoms with van der Waals surface area (Å²) in [5.74, 6) is 0. The summed E-state index contributed by atoms with van der Waals surface area (Å²) in [6.07, 6.45) is 21.8. The lowest BCUT2D eigenvalue weighted by atomic mass is 10.0. The second-order valence-corrected chi connectivity index (χ2v) is 8.52. The first-order valence-electron chi connectivity index (χ1n) is 12.4. The van der Waals surface area contributed by atoms with Crippen LogP contribution in [0.4, 0.5) is 0 Å². The first kappa shape index (κ1) is 24.9. The van der Waals surface area contributed by atoms with Gasteiger partial charge < -0.3 is 15.0 Å². The van der Waals surface area contributed by atoms with Crippen molar-refractivity contribution < 1.29 is 4.74 Å². The number of nitrogens with zero attached hydrogens (tertiary/aromatic N) is 1. The standard InChI is InChI=1S/C24H50N2O/c1-3-5-6-7-8-9-10-11-12-13-14-15-16-17-20-26(4-2)21-18-24-23-25-19-22-27-24/h24-25H,3-23H2,1-2H3. The number of nitrogens with one attached hydrogen (secondary N) is 1. The fourth-order valence-corrected chi connectivity index (χ4v) is 4.09. The van der Waals surface area contributed by atoms with Crippen LogP contribution >= 0.6 is 0 Å². The van der Waals surface area contributed by atoms with Gasteiger partial charge in [-0.25, -0.2) is 0 Å². The lowest BCUT2D eigenvalue weighted by Gasteiger charge is -2.27. The van der Waals surface area contributed by atoms with Crippen LogP contribution in [0.15, 0.2) is 0 Å². The first-order valence-corrected chi connectivity index (χ1v) is 12.4. The van der Waals surface area contributed by atoms with Gasteiger partial charge in [0, 0.05) is 19.6 Å². The molecule has 1 unspecified atom stereocenters. The molecule has 0 radical (unpaired) electrons. The summed E-state index contributed by atoms with van der Waals surface area (Å²) in [5, 5.41) is 3.43. The minimum Gasteiger partial charge on any atom is -0.376 e. The van der Waals surface area contributed by atoms with Crippen molar-refractivity contribution in [2.75, 3.05) is 39.3 Å². The normalized spacial score (nSPS) is 17.7. The van der Waals surface area contributed by atoms with Crippen molar-refractivity contribution in [2.45, 2.75) is 116 Å². The molecule has 0 aromatic rings. The zero-order valence-corrected chi connectivity index (χ0v) is 18.8. The molecule has 1 rings (SSSR count). The summed E-state index contributed by atoms with van der Waals surface area (Å²) in [6.45, 7) is 11.2. The van der Waals surface area contributed by atoms with Crippen LogP contribution in [0.25, 0.3) is 0 Å². The molecule has 0 aromatic heterocycles. The van der Waals surface area contributed by atoms with Crippen molar-refractivity contribution in [2.24, 2.45) is 0 Å². The summed E-state index contributed by atoms with van der Waals surface area (Å²) in [7, 11) is 0. The van der Waals surface area contributed by atoms with E-state index < -0.39 is 0 Å². The number of hydrogen-bond donors (Lipinski definition) is 1. The van der Waals surface area contributed by atoms with E-state index in [9.17, 15) is 0 Å². The van der Waals surface area contributed by atoms with Gasteiger partial charge in [0.25, 0.3) is 0 Å². The van der Waals surface area contributed by atoms with Gasteiger partial charge in [0.15, 0.2) is 0 Å². The van der Waals surface area contributed by atoms with E-state index in [1.54, 1.807) is 0 Å². The molecule has 0 saturated carbocycles. The average molecular weight is 383 g/mol. The third-order valence-electron chi connectivity index (χ3n) is 6.05. The second kappa shape index (κ2) is 19.2. The fourth-order valence-electron chi connectivity index (χ4n) is 4.09. The number of unbranched alkanes of at least 4 members (excludes halogenated alkanes) is 13. The molecule has 3 heteroatoms. The highest BCUT2D eigenvalue weighted by Crippen LogP contribution is 2.13. The Hall–Kier alpha value is -0.120. The lowest BCUT2D eigenvalue weighted by molar-refractivity contribution is 0.0176. The minimum atomic E-state index is 0.434. The molecular weight excluding hydrogens is 332 g/mol. The molecule has 3 nitrogen and oxygen atoms in total. The van der Waals surface area contributed by atoms with Crippen LogP contribution < -0.4 is 5.32 Å². The van der Waals surface area contributed by atoms with E-state index in [4.69, 9.17) is 4.74 Å². The van der Waals surface area contributed by atoms with Gasteiger partial charge in [0.1, 0.15) is 0 Å². The number of hydrogen-bond acceptors (Lipinski definition) is 3. The van der Waals surface area contributed by atoms with E-state index in [-0.39, 0.29) is 0 Å². The van der Waals surface area contributed by atoms with Crippen LogP contribution in [-0.2, 0) is 4.74 Å². The Balaban J connectivity index is 1.80. The SMILES string of the molecule is CCCCCCCCCCCCCCCCN(CC)CCC1CNCCO1. The molecule has 1 aliphatic rings. The van der Waals surface area contributed by atoms with Gasteiger partial charge in [-0.1, -0.05) is 97.3 Å². The summed E-state index contributed by atoms with van der Waals surface area (Å²) in [5.41, 5.74) is 0. The number of ether oxygens (including phenoxy) is 1. The molecule has 0 spiro atoms. The molecule has 0 amide bonds. The Morgan fingerprint density at radius 1 is 0.741 bits per heavy atom. The molecule has 1 saturated heterocycles. The molecule has 0 bridgehead atoms. The maximum atomic E-state index is 5.81. The van der Waals surface area contributed by atoms with Gasteiger partial charge in [-0.2, -0.15) is 0 Å². The van der Waals surface area contributed by atoms with E-state index >= 15 is 0 Å². The first-order chi connectivity index (χ1) is 13.4. The highest BCUT2D eigenvalue weighted by Gasteiger charge is 2.14. The van der Waals surface area contributed by atoms with Crippen molar-refractivity contribution in [1.82, 2.24) is 10.2 Å². The van der Waals surface area contributed by atoms with Gasteiger partial charge in [-0.3, -0.25) is 0 Å². The Kier molecular flexibility index (Phi) is 17.7. The molecule has 27 heavy (non-hydrogen) atoms. The number of morpholine rings is 1. The van der Waals surface area contributed by atoms with E-state index in [1.807, 2.05) is 0 Å². The second-order valence-electron chi connectivity index (χ2n) is 8.52. The Bertz CT molecular complexity index is 292. The molecule has 0 aromatic carbocycles. The Morgan fingerprint density at radius 3 is 1.78 bits per heavy atom. The van der Waals surface area contributed by atoms with Crippen molar-refractivity contribution in [3.8, 4) is 0 Å². The van der Waals surface area contributed by atoms with Crippen molar-refractivity contribution in [3.63, 3.8) is 0 Å². The predicted octanol–water partition coefficient (Wildman–Crippen LogP) is 6.17. The van der Waals surface area contributed by atoms with Crippen LogP contribution in [0, 0.1) is 0 Å². The molecule has 1 N–H and O–H groups in total. The molecule has 162 valence electrons. The highest BCUT2D eigenvalue weighted by atomic mass is 16.5. The molecular formula is C24H50N2O. The third-order valence-corrected chi connectivity index (χ3v) is 6.05. The molecule has 1 heterocycles. The lowest BCUT2D eigenvalue weighted by Crippen LogP contribution is -2.40. The van der Waals surface area contributed by atoms with Crippen LogP contribution in [0.5, 0.6) is 0 Å². The zero-order chi connectivity index (χ0) is 19.4. The highest BCUT2D eigenvalue weighted by molar-refractivity contribution is 4.69. The molecule has 0 aliphatic carbocycles. The smallest absolute Gasteiger partial charge is 0.0712 e. The minimum absolute atomic E-state index is 0.434. The summed E-state index contributed by atoms with van der Waals surface area (Å²) in [4.78, 5) is 2.61. The summed E-state index contributed by atoms with van der Waals surface area (Å²) < 4.78 is 5.81. The van der Waals surface area contributed by atoms with Crippen molar-refractivity contribution in [1.29, 1.82) is 0 Å². The third kappa shape index (κ3) is 15.5. The van der Waals surface area contributed by atoms with Crippen LogP contribution in [0.2, 0.25) is 0 Å². The predicted molar refractivity (Wildman–Crippen MR) is 120 cm³/mol. The molecule has 1 atom stereocenters. The Morgan fingerprint density at radius 2 is 1.30 bits per heavy atom. The van der Waals surface area contributed by atoms with E-state index in [1.165, 1.54) is 116 Å². The van der Waals surface area contributed by atoms with Gasteiger partial charge in [-0.05, 0) is 25.9 Å². The Labute approximate surface area is 171 Å². The van der Waals surface area contributed by atoms with Crippen molar-refractivity contribution >= 4 is 0 Å². The van der Waals surface area contributed by atoms with Gasteiger partial charge in [0.2, 0.25) is 0 Å². The van der Waals surface area contributed by atoms with Crippen LogP contribution in [0.1, 0.15) is 110 Å². The van der Waals surface area contributed by atoms with Crippen LogP contribution in [0.3, 0.4) is 0 Å². The fraction of sp³-hybridized carbons (Fsp3) is 1.00. The zero-order valence-electron chi connectivity index (χ0n) is 18.8. The maximum Gasteiger partial charge on any atom is 0.0712 e. The molecule has 1 fully saturated rings. The average Bonchev–Trinajstić information content (AvgIpc) is 2.71.